The van der Waals surface area contributed by atoms with Crippen molar-refractivity contribution in [2.75, 3.05) is 7.05 Å². The lowest BCUT2D eigenvalue weighted by Crippen LogP contribution is -2.27. The maximum Gasteiger partial charge on any atom is 0.292 e. The van der Waals surface area contributed by atoms with Crippen LogP contribution in [-0.4, -0.2) is 28.3 Å². The van der Waals surface area contributed by atoms with E-state index in [2.05, 4.69) is 10.3 Å². The van der Waals surface area contributed by atoms with Gasteiger partial charge in [-0.1, -0.05) is 60.7 Å². The van der Waals surface area contributed by atoms with Gasteiger partial charge < -0.3 is 19.4 Å². The third-order valence-corrected chi connectivity index (χ3v) is 4.98. The van der Waals surface area contributed by atoms with E-state index in [-0.39, 0.29) is 12.3 Å². The number of ketones is 1. The number of hydrogen-bond donors (Lipinski definition) is 1. The molecule has 0 saturated heterocycles. The first kappa shape index (κ1) is 21.3. The number of nitrogens with one attached hydrogen (secondary N) is 1. The number of fused-ring (bicyclic) bond motifs is 1. The molecule has 0 aliphatic carbocycles. The molecule has 4 rings (SSSR count). The van der Waals surface area contributed by atoms with E-state index in [0.717, 1.165) is 11.1 Å². The third-order valence-electron chi connectivity index (χ3n) is 4.98. The number of amides is 1. The fraction of sp³-hybridized carbons (Fsp3) is 0.160. The van der Waals surface area contributed by atoms with Crippen molar-refractivity contribution >= 4 is 22.7 Å². The molecule has 0 aliphatic rings. The first-order valence-corrected chi connectivity index (χ1v) is 10.2. The van der Waals surface area contributed by atoms with Crippen molar-refractivity contribution in [3.05, 3.63) is 95.8 Å². The van der Waals surface area contributed by atoms with Gasteiger partial charge in [-0.25, -0.2) is 4.98 Å². The van der Waals surface area contributed by atoms with Gasteiger partial charge in [-0.3, -0.25) is 9.59 Å². The summed E-state index contributed by atoms with van der Waals surface area (Å²) in [7, 11) is 1.42. The van der Waals surface area contributed by atoms with Gasteiger partial charge in [-0.05, 0) is 17.2 Å². The number of nitrogens with zero attached hydrogens (tertiary/aromatic N) is 2. The molecule has 0 spiro atoms. The molecule has 32 heavy (non-hydrogen) atoms. The number of pyridine rings is 1. The molecular formula is C25H23N3O4. The minimum Gasteiger partial charge on any atom is -0.488 e. The van der Waals surface area contributed by atoms with E-state index in [1.807, 2.05) is 60.7 Å². The Morgan fingerprint density at radius 1 is 0.938 bits per heavy atom. The van der Waals surface area contributed by atoms with E-state index >= 15 is 0 Å². The number of likely N-dealkylation sites (N-methyl/N-ethyl adjacent to an activating group) is 1. The first-order valence-electron chi connectivity index (χ1n) is 10.2. The van der Waals surface area contributed by atoms with Gasteiger partial charge in [0.1, 0.15) is 24.7 Å². The second-order valence-electron chi connectivity index (χ2n) is 7.17. The second kappa shape index (κ2) is 9.89. The predicted octanol–water partition coefficient (Wildman–Crippen LogP) is 3.72. The summed E-state index contributed by atoms with van der Waals surface area (Å²) in [6.45, 7) is 0.897. The van der Waals surface area contributed by atoms with Crippen molar-refractivity contribution in [1.29, 1.82) is 0 Å². The number of rotatable bonds is 9. The van der Waals surface area contributed by atoms with Crippen LogP contribution in [0.15, 0.2) is 79.1 Å². The van der Waals surface area contributed by atoms with Crippen LogP contribution in [0.25, 0.3) is 11.0 Å². The number of aromatic nitrogens is 2. The summed E-state index contributed by atoms with van der Waals surface area (Å²) in [5, 5.41) is 2.88. The van der Waals surface area contributed by atoms with E-state index in [0.29, 0.717) is 30.0 Å². The van der Waals surface area contributed by atoms with Crippen molar-refractivity contribution in [3.8, 4) is 5.75 Å². The van der Waals surface area contributed by atoms with E-state index in [4.69, 9.17) is 9.47 Å². The molecule has 0 aliphatic heterocycles. The lowest BCUT2D eigenvalue weighted by Gasteiger charge is -2.09. The van der Waals surface area contributed by atoms with Crippen LogP contribution in [0.2, 0.25) is 0 Å². The summed E-state index contributed by atoms with van der Waals surface area (Å²) < 4.78 is 13.6. The Morgan fingerprint density at radius 2 is 1.59 bits per heavy atom. The zero-order chi connectivity index (χ0) is 22.3. The molecule has 1 N–H and O–H groups in total. The van der Waals surface area contributed by atoms with Crippen LogP contribution in [-0.2, 0) is 29.5 Å². The zero-order valence-corrected chi connectivity index (χ0v) is 17.7. The maximum atomic E-state index is 12.8. The van der Waals surface area contributed by atoms with Crippen LogP contribution >= 0.6 is 0 Å². The highest BCUT2D eigenvalue weighted by molar-refractivity contribution is 6.45. The van der Waals surface area contributed by atoms with E-state index in [9.17, 15) is 9.59 Å². The lowest BCUT2D eigenvalue weighted by molar-refractivity contribution is -0.116. The predicted molar refractivity (Wildman–Crippen MR) is 120 cm³/mol. The molecule has 2 heterocycles. The molecule has 2 aromatic carbocycles. The van der Waals surface area contributed by atoms with Crippen LogP contribution in [0.5, 0.6) is 5.75 Å². The third kappa shape index (κ3) is 4.68. The molecule has 0 radical (unpaired) electrons. The molecule has 1 amide bonds. The van der Waals surface area contributed by atoms with Gasteiger partial charge in [0.15, 0.2) is 0 Å². The van der Waals surface area contributed by atoms with Crippen LogP contribution in [0, 0.1) is 0 Å². The van der Waals surface area contributed by atoms with E-state index in [1.165, 1.54) is 7.05 Å². The second-order valence-corrected chi connectivity index (χ2v) is 7.17. The Labute approximate surface area is 185 Å². The van der Waals surface area contributed by atoms with Gasteiger partial charge in [0.05, 0.1) is 17.6 Å². The summed E-state index contributed by atoms with van der Waals surface area (Å²) >= 11 is 0. The summed E-state index contributed by atoms with van der Waals surface area (Å²) in [5.41, 5.74) is 2.75. The van der Waals surface area contributed by atoms with E-state index < -0.39 is 11.7 Å². The van der Waals surface area contributed by atoms with Gasteiger partial charge in [-0.2, -0.15) is 0 Å². The van der Waals surface area contributed by atoms with Gasteiger partial charge in [-0.15, -0.1) is 0 Å². The number of Topliss-reactive ketones (excluding diaryl/α,β-unsaturated/α-hetero) is 1. The van der Waals surface area contributed by atoms with Gasteiger partial charge in [0.25, 0.3) is 11.7 Å². The van der Waals surface area contributed by atoms with Crippen molar-refractivity contribution in [2.45, 2.75) is 19.9 Å². The van der Waals surface area contributed by atoms with E-state index in [1.54, 1.807) is 23.0 Å². The monoisotopic (exact) mass is 429 g/mol. The Hall–Kier alpha value is -3.97. The topological polar surface area (TPSA) is 82.5 Å². The molecule has 7 nitrogen and oxygen atoms in total. The summed E-state index contributed by atoms with van der Waals surface area (Å²) in [6, 6.07) is 21.2. The Bertz CT molecular complexity index is 1220. The minimum atomic E-state index is -0.702. The normalized spacial score (nSPS) is 10.8. The average Bonchev–Trinajstić information content (AvgIpc) is 3.22. The fourth-order valence-corrected chi connectivity index (χ4v) is 3.38. The van der Waals surface area contributed by atoms with Gasteiger partial charge in [0, 0.05) is 19.4 Å². The molecular weight excluding hydrogens is 406 g/mol. The number of benzene rings is 2. The molecule has 7 heteroatoms. The molecule has 0 fully saturated rings. The summed E-state index contributed by atoms with van der Waals surface area (Å²) in [5.74, 6) is -0.878. The van der Waals surface area contributed by atoms with Crippen LogP contribution < -0.4 is 10.1 Å². The van der Waals surface area contributed by atoms with Crippen molar-refractivity contribution < 1.29 is 19.1 Å². The number of ether oxygens (including phenoxy) is 2. The first-order chi connectivity index (χ1) is 15.7. The smallest absolute Gasteiger partial charge is 0.292 e. The zero-order valence-electron chi connectivity index (χ0n) is 17.7. The molecule has 162 valence electrons. The van der Waals surface area contributed by atoms with Gasteiger partial charge in [0.2, 0.25) is 0 Å². The Balaban J connectivity index is 1.65. The summed E-state index contributed by atoms with van der Waals surface area (Å²) in [6.07, 6.45) is 3.21. The minimum absolute atomic E-state index is 0.168. The number of carbonyl (C=O) groups excluding carboxylic acids is 2. The maximum absolute atomic E-state index is 12.8. The molecule has 2 aromatic heterocycles. The average molecular weight is 429 g/mol. The Morgan fingerprint density at radius 3 is 2.25 bits per heavy atom. The van der Waals surface area contributed by atoms with Crippen molar-refractivity contribution in [1.82, 2.24) is 14.9 Å². The van der Waals surface area contributed by atoms with Crippen molar-refractivity contribution in [2.24, 2.45) is 0 Å². The standard InChI is InChI=1S/C25H23N3O4/c1-26-25(30)23(29)20-14-28(17-31-15-18-8-4-2-5-9-18)24-22(20)21(12-13-27-24)32-16-19-10-6-3-7-11-19/h2-14H,15-17H2,1H3,(H,26,30). The molecule has 0 unspecified atom stereocenters. The quantitative estimate of drug-likeness (QED) is 0.324. The highest BCUT2D eigenvalue weighted by Gasteiger charge is 2.24. The number of hydrogen-bond acceptors (Lipinski definition) is 5. The highest BCUT2D eigenvalue weighted by Crippen LogP contribution is 2.30. The molecule has 0 bridgehead atoms. The Kier molecular flexibility index (Phi) is 6.57. The summed E-state index contributed by atoms with van der Waals surface area (Å²) in [4.78, 5) is 29.3. The molecule has 0 saturated carbocycles. The van der Waals surface area contributed by atoms with Crippen LogP contribution in [0.4, 0.5) is 0 Å². The number of carbonyl (C=O) groups is 2. The highest BCUT2D eigenvalue weighted by atomic mass is 16.5. The largest absolute Gasteiger partial charge is 0.488 e. The molecule has 4 aromatic rings. The SMILES string of the molecule is CNC(=O)C(=O)c1cn(COCc2ccccc2)c2nccc(OCc3ccccc3)c12. The van der Waals surface area contributed by atoms with Gasteiger partial charge >= 0.3 is 0 Å². The lowest BCUT2D eigenvalue weighted by atomic mass is 10.1. The van der Waals surface area contributed by atoms with Crippen molar-refractivity contribution in [3.63, 3.8) is 0 Å². The fourth-order valence-electron chi connectivity index (χ4n) is 3.38. The molecule has 0 atom stereocenters. The van der Waals surface area contributed by atoms with Crippen LogP contribution in [0.3, 0.4) is 0 Å². The van der Waals surface area contributed by atoms with Crippen LogP contribution in [0.1, 0.15) is 21.5 Å².